The number of benzene rings is 1. The highest BCUT2D eigenvalue weighted by atomic mass is 35.5. The summed E-state index contributed by atoms with van der Waals surface area (Å²) < 4.78 is 5.11. The first kappa shape index (κ1) is 19.8. The van der Waals surface area contributed by atoms with E-state index < -0.39 is 11.8 Å². The Balaban J connectivity index is 1.70. The van der Waals surface area contributed by atoms with E-state index in [2.05, 4.69) is 20.8 Å². The number of ether oxygens (including phenoxy) is 1. The standard InChI is InChI=1S/C18H17ClN4O4S/c1-8-9(2)28-18-15(8)17(26)20-13(21-18)7-14(24)22-23-16(25)11-6-10(19)4-5-12(11)27-3/h4-6H,7H2,1-3H3,(H,22,24)(H,23,25)(H,20,21,26). The van der Waals surface area contributed by atoms with Crippen LogP contribution in [0.1, 0.15) is 26.6 Å². The van der Waals surface area contributed by atoms with Gasteiger partial charge in [-0.15, -0.1) is 11.3 Å². The summed E-state index contributed by atoms with van der Waals surface area (Å²) in [6, 6.07) is 4.56. The van der Waals surface area contributed by atoms with Crippen molar-refractivity contribution in [2.45, 2.75) is 20.3 Å². The van der Waals surface area contributed by atoms with Gasteiger partial charge in [-0.2, -0.15) is 0 Å². The molecular weight excluding hydrogens is 404 g/mol. The Kier molecular flexibility index (Phi) is 5.66. The van der Waals surface area contributed by atoms with Gasteiger partial charge in [0.15, 0.2) is 0 Å². The van der Waals surface area contributed by atoms with Crippen LogP contribution in [-0.2, 0) is 11.2 Å². The first-order chi connectivity index (χ1) is 13.3. The number of hydrogen-bond acceptors (Lipinski definition) is 6. The minimum Gasteiger partial charge on any atom is -0.496 e. The molecule has 3 N–H and O–H groups in total. The molecular formula is C18H17ClN4O4S. The normalized spacial score (nSPS) is 10.7. The maximum atomic E-state index is 12.3. The molecule has 2 amide bonds. The van der Waals surface area contributed by atoms with Crippen LogP contribution in [0.5, 0.6) is 5.75 Å². The highest BCUT2D eigenvalue weighted by Crippen LogP contribution is 2.25. The molecule has 2 aromatic heterocycles. The lowest BCUT2D eigenvalue weighted by Gasteiger charge is -2.10. The molecule has 146 valence electrons. The van der Waals surface area contributed by atoms with E-state index >= 15 is 0 Å². The Labute approximate surface area is 168 Å². The average Bonchev–Trinajstić information content (AvgIpc) is 2.93. The lowest BCUT2D eigenvalue weighted by molar-refractivity contribution is -0.121. The zero-order valence-corrected chi connectivity index (χ0v) is 16.9. The van der Waals surface area contributed by atoms with Crippen LogP contribution in [0.3, 0.4) is 0 Å². The molecule has 2 heterocycles. The van der Waals surface area contributed by atoms with E-state index in [0.717, 1.165) is 10.4 Å². The highest BCUT2D eigenvalue weighted by Gasteiger charge is 2.16. The van der Waals surface area contributed by atoms with E-state index in [4.69, 9.17) is 16.3 Å². The first-order valence-corrected chi connectivity index (χ1v) is 9.41. The second-order valence-electron chi connectivity index (χ2n) is 6.00. The van der Waals surface area contributed by atoms with Gasteiger partial charge in [0.25, 0.3) is 11.5 Å². The molecule has 28 heavy (non-hydrogen) atoms. The second-order valence-corrected chi connectivity index (χ2v) is 7.64. The minimum absolute atomic E-state index is 0.174. The van der Waals surface area contributed by atoms with Gasteiger partial charge >= 0.3 is 0 Å². The number of nitrogens with one attached hydrogen (secondary N) is 3. The van der Waals surface area contributed by atoms with Crippen LogP contribution in [0.2, 0.25) is 5.02 Å². The maximum Gasteiger partial charge on any atom is 0.273 e. The number of carbonyl (C=O) groups excluding carboxylic acids is 2. The number of fused-ring (bicyclic) bond motifs is 1. The van der Waals surface area contributed by atoms with Gasteiger partial charge in [0, 0.05) is 9.90 Å². The highest BCUT2D eigenvalue weighted by molar-refractivity contribution is 7.18. The van der Waals surface area contributed by atoms with Crippen LogP contribution < -0.4 is 21.1 Å². The van der Waals surface area contributed by atoms with Gasteiger partial charge in [0.05, 0.1) is 24.5 Å². The number of hydrogen-bond donors (Lipinski definition) is 3. The number of H-pyrrole nitrogens is 1. The first-order valence-electron chi connectivity index (χ1n) is 8.21. The molecule has 1 aromatic carbocycles. The van der Waals surface area contributed by atoms with E-state index in [1.807, 2.05) is 13.8 Å². The molecule has 0 spiro atoms. The Morgan fingerprint density at radius 2 is 2.04 bits per heavy atom. The topological polar surface area (TPSA) is 113 Å². The molecule has 0 fully saturated rings. The smallest absolute Gasteiger partial charge is 0.273 e. The summed E-state index contributed by atoms with van der Waals surface area (Å²) in [7, 11) is 1.42. The predicted octanol–water partition coefficient (Wildman–Crippen LogP) is 2.27. The quantitative estimate of drug-likeness (QED) is 0.560. The van der Waals surface area contributed by atoms with Crippen molar-refractivity contribution in [1.29, 1.82) is 0 Å². The summed E-state index contributed by atoms with van der Waals surface area (Å²) in [6.07, 6.45) is -0.200. The van der Waals surface area contributed by atoms with Crippen molar-refractivity contribution in [2.24, 2.45) is 0 Å². The van der Waals surface area contributed by atoms with E-state index in [1.54, 1.807) is 12.1 Å². The predicted molar refractivity (Wildman–Crippen MR) is 107 cm³/mol. The second kappa shape index (κ2) is 7.99. The molecule has 3 aromatic rings. The average molecular weight is 421 g/mol. The fourth-order valence-corrected chi connectivity index (χ4v) is 3.85. The molecule has 0 atom stereocenters. The third kappa shape index (κ3) is 4.00. The number of hydrazine groups is 1. The number of halogens is 1. The number of aromatic amines is 1. The molecule has 0 aliphatic heterocycles. The van der Waals surface area contributed by atoms with Crippen molar-refractivity contribution in [2.75, 3.05) is 7.11 Å². The van der Waals surface area contributed by atoms with Crippen LogP contribution in [0.25, 0.3) is 10.2 Å². The molecule has 3 rings (SSSR count). The van der Waals surface area contributed by atoms with E-state index in [9.17, 15) is 14.4 Å². The van der Waals surface area contributed by atoms with Gasteiger partial charge in [0.2, 0.25) is 5.91 Å². The summed E-state index contributed by atoms with van der Waals surface area (Å²) in [6.45, 7) is 3.77. The van der Waals surface area contributed by atoms with Crippen molar-refractivity contribution in [1.82, 2.24) is 20.8 Å². The zero-order chi connectivity index (χ0) is 20.4. The Bertz CT molecular complexity index is 1140. The Hall–Kier alpha value is -2.91. The van der Waals surface area contributed by atoms with Crippen molar-refractivity contribution >= 4 is 45.0 Å². The van der Waals surface area contributed by atoms with Crippen LogP contribution in [0.4, 0.5) is 0 Å². The van der Waals surface area contributed by atoms with Crippen molar-refractivity contribution in [3.63, 3.8) is 0 Å². The number of carbonyl (C=O) groups is 2. The van der Waals surface area contributed by atoms with E-state index in [-0.39, 0.29) is 23.4 Å². The van der Waals surface area contributed by atoms with Crippen molar-refractivity contribution in [3.8, 4) is 5.75 Å². The Morgan fingerprint density at radius 3 is 2.75 bits per heavy atom. The molecule has 0 saturated heterocycles. The molecule has 10 heteroatoms. The van der Waals surface area contributed by atoms with Gasteiger partial charge in [0.1, 0.15) is 16.4 Å². The molecule has 8 nitrogen and oxygen atoms in total. The van der Waals surface area contributed by atoms with Gasteiger partial charge in [-0.3, -0.25) is 25.2 Å². The molecule has 0 aliphatic carbocycles. The summed E-state index contributed by atoms with van der Waals surface area (Å²) >= 11 is 7.30. The van der Waals surface area contributed by atoms with Crippen molar-refractivity contribution < 1.29 is 14.3 Å². The Morgan fingerprint density at radius 1 is 1.29 bits per heavy atom. The van der Waals surface area contributed by atoms with Crippen LogP contribution in [-0.4, -0.2) is 28.9 Å². The molecule has 0 unspecified atom stereocenters. The lowest BCUT2D eigenvalue weighted by atomic mass is 10.2. The zero-order valence-electron chi connectivity index (χ0n) is 15.3. The number of aryl methyl sites for hydroxylation is 2. The molecule has 0 aliphatic rings. The third-order valence-corrected chi connectivity index (χ3v) is 5.47. The van der Waals surface area contributed by atoms with Crippen molar-refractivity contribution in [3.05, 3.63) is 55.4 Å². The summed E-state index contributed by atoms with van der Waals surface area (Å²) in [4.78, 5) is 45.2. The third-order valence-electron chi connectivity index (χ3n) is 4.14. The fourth-order valence-electron chi connectivity index (χ4n) is 2.63. The van der Waals surface area contributed by atoms with Gasteiger partial charge in [-0.1, -0.05) is 11.6 Å². The lowest BCUT2D eigenvalue weighted by Crippen LogP contribution is -2.42. The monoisotopic (exact) mass is 420 g/mol. The SMILES string of the molecule is COc1ccc(Cl)cc1C(=O)NNC(=O)Cc1nc2sc(C)c(C)c2c(=O)[nH]1. The van der Waals surface area contributed by atoms with E-state index in [1.165, 1.54) is 24.5 Å². The molecule has 0 bridgehead atoms. The van der Waals surface area contributed by atoms with E-state index in [0.29, 0.717) is 21.0 Å². The maximum absolute atomic E-state index is 12.3. The molecule has 0 saturated carbocycles. The number of rotatable bonds is 4. The summed E-state index contributed by atoms with van der Waals surface area (Å²) in [5.41, 5.74) is 5.35. The molecule has 0 radical (unpaired) electrons. The van der Waals surface area contributed by atoms with Crippen LogP contribution in [0, 0.1) is 13.8 Å². The van der Waals surface area contributed by atoms with Gasteiger partial charge in [-0.05, 0) is 37.6 Å². The number of nitrogens with zero attached hydrogens (tertiary/aromatic N) is 1. The summed E-state index contributed by atoms with van der Waals surface area (Å²) in [5, 5.41) is 0.891. The minimum atomic E-state index is -0.589. The number of aromatic nitrogens is 2. The van der Waals surface area contributed by atoms with Crippen LogP contribution in [0.15, 0.2) is 23.0 Å². The fraction of sp³-hybridized carbons (Fsp3) is 0.222. The van der Waals surface area contributed by atoms with Crippen LogP contribution >= 0.6 is 22.9 Å². The largest absolute Gasteiger partial charge is 0.496 e. The van der Waals surface area contributed by atoms with Gasteiger partial charge < -0.3 is 9.72 Å². The number of amides is 2. The summed E-state index contributed by atoms with van der Waals surface area (Å²) in [5.74, 6) is -0.599. The van der Waals surface area contributed by atoms with Gasteiger partial charge in [-0.25, -0.2) is 4.98 Å². The number of methoxy groups -OCH3 is 1. The number of thiophene rings is 1.